The smallest absolute Gasteiger partial charge is 0.243 e. The van der Waals surface area contributed by atoms with Gasteiger partial charge in [-0.2, -0.15) is 4.31 Å². The van der Waals surface area contributed by atoms with Crippen LogP contribution in [0.2, 0.25) is 0 Å². The van der Waals surface area contributed by atoms with E-state index in [9.17, 15) is 13.2 Å². The molecule has 2 heterocycles. The Kier molecular flexibility index (Phi) is 5.34. The number of hydrogen-bond donors (Lipinski definition) is 1. The summed E-state index contributed by atoms with van der Waals surface area (Å²) in [4.78, 5) is 17.5. The zero-order valence-corrected chi connectivity index (χ0v) is 17.0. The lowest BCUT2D eigenvalue weighted by Crippen LogP contribution is -2.43. The summed E-state index contributed by atoms with van der Waals surface area (Å²) in [6.07, 6.45) is 3.00. The Labute approximate surface area is 170 Å². The molecule has 150 valence electrons. The van der Waals surface area contributed by atoms with E-state index in [1.165, 1.54) is 4.31 Å². The second kappa shape index (κ2) is 7.93. The molecule has 7 heteroatoms. The average Bonchev–Trinajstić information content (AvgIpc) is 2.74. The van der Waals surface area contributed by atoms with Crippen molar-refractivity contribution in [2.75, 3.05) is 18.4 Å². The highest BCUT2D eigenvalue weighted by molar-refractivity contribution is 7.89. The number of amides is 1. The molecule has 3 aromatic rings. The zero-order valence-electron chi connectivity index (χ0n) is 16.2. The van der Waals surface area contributed by atoms with Crippen molar-refractivity contribution in [3.63, 3.8) is 0 Å². The number of hydrogen-bond acceptors (Lipinski definition) is 4. The Morgan fingerprint density at radius 1 is 1.10 bits per heavy atom. The summed E-state index contributed by atoms with van der Waals surface area (Å²) in [6, 6.07) is 16.2. The van der Waals surface area contributed by atoms with Crippen molar-refractivity contribution in [1.29, 1.82) is 0 Å². The summed E-state index contributed by atoms with van der Waals surface area (Å²) in [5.74, 6) is -0.574. The molecule has 1 N–H and O–H groups in total. The van der Waals surface area contributed by atoms with Crippen LogP contribution in [0.1, 0.15) is 18.4 Å². The third-order valence-corrected chi connectivity index (χ3v) is 7.18. The number of piperidine rings is 1. The van der Waals surface area contributed by atoms with Gasteiger partial charge in [0.05, 0.1) is 22.0 Å². The van der Waals surface area contributed by atoms with Gasteiger partial charge in [0.1, 0.15) is 0 Å². The maximum Gasteiger partial charge on any atom is 0.243 e. The third kappa shape index (κ3) is 4.02. The van der Waals surface area contributed by atoms with Gasteiger partial charge in [-0.05, 0) is 44.0 Å². The SMILES string of the molecule is Cc1ccc(S(=O)(=O)N2CCC[C@@H](C(=O)Nc3cccc4cccnc34)C2)cc1. The van der Waals surface area contributed by atoms with E-state index >= 15 is 0 Å². The first-order chi connectivity index (χ1) is 13.9. The Hall–Kier alpha value is -2.77. The van der Waals surface area contributed by atoms with Crippen LogP contribution in [0.4, 0.5) is 5.69 Å². The second-order valence-corrected chi connectivity index (χ2v) is 9.32. The molecule has 0 spiro atoms. The molecule has 6 nitrogen and oxygen atoms in total. The van der Waals surface area contributed by atoms with Gasteiger partial charge in [0.15, 0.2) is 0 Å². The van der Waals surface area contributed by atoms with Gasteiger partial charge in [0.2, 0.25) is 15.9 Å². The molecule has 1 saturated heterocycles. The molecule has 0 aliphatic carbocycles. The van der Waals surface area contributed by atoms with Crippen molar-refractivity contribution in [3.8, 4) is 0 Å². The van der Waals surface area contributed by atoms with E-state index in [-0.39, 0.29) is 17.3 Å². The number of nitrogens with zero attached hydrogens (tertiary/aromatic N) is 2. The predicted octanol–water partition coefficient (Wildman–Crippen LogP) is 3.58. The van der Waals surface area contributed by atoms with Crippen molar-refractivity contribution in [1.82, 2.24) is 9.29 Å². The molecule has 4 rings (SSSR count). The van der Waals surface area contributed by atoms with Gasteiger partial charge < -0.3 is 5.32 Å². The number of aromatic nitrogens is 1. The Balaban J connectivity index is 1.52. The molecule has 0 bridgehead atoms. The van der Waals surface area contributed by atoms with Crippen LogP contribution in [0.15, 0.2) is 65.7 Å². The van der Waals surface area contributed by atoms with Gasteiger partial charge in [-0.1, -0.05) is 35.9 Å². The first-order valence-corrected chi connectivity index (χ1v) is 11.1. The highest BCUT2D eigenvalue weighted by Gasteiger charge is 2.33. The number of benzene rings is 2. The largest absolute Gasteiger partial charge is 0.324 e. The van der Waals surface area contributed by atoms with Crippen molar-refractivity contribution in [2.24, 2.45) is 5.92 Å². The highest BCUT2D eigenvalue weighted by Crippen LogP contribution is 2.26. The molecule has 0 unspecified atom stereocenters. The molecule has 2 aromatic carbocycles. The van der Waals surface area contributed by atoms with Crippen LogP contribution in [-0.2, 0) is 14.8 Å². The molecular weight excluding hydrogens is 386 g/mol. The van der Waals surface area contributed by atoms with E-state index in [1.54, 1.807) is 30.5 Å². The molecule has 1 atom stereocenters. The number of anilines is 1. The van der Waals surface area contributed by atoms with Crippen LogP contribution in [0.3, 0.4) is 0 Å². The van der Waals surface area contributed by atoms with Gasteiger partial charge >= 0.3 is 0 Å². The first-order valence-electron chi connectivity index (χ1n) is 9.66. The third-order valence-electron chi connectivity index (χ3n) is 5.30. The number of sulfonamides is 1. The van der Waals surface area contributed by atoms with E-state index in [0.717, 1.165) is 16.5 Å². The average molecular weight is 410 g/mol. The summed E-state index contributed by atoms with van der Waals surface area (Å²) in [5.41, 5.74) is 2.37. The summed E-state index contributed by atoms with van der Waals surface area (Å²) >= 11 is 0. The zero-order chi connectivity index (χ0) is 20.4. The summed E-state index contributed by atoms with van der Waals surface area (Å²) < 4.78 is 27.4. The monoisotopic (exact) mass is 409 g/mol. The number of carbonyl (C=O) groups is 1. The van der Waals surface area contributed by atoms with E-state index in [1.807, 2.05) is 37.3 Å². The minimum atomic E-state index is -3.61. The number of pyridine rings is 1. The standard InChI is InChI=1S/C22H23N3O3S/c1-16-9-11-19(12-10-16)29(27,28)25-14-4-7-18(15-25)22(26)24-20-8-2-5-17-6-3-13-23-21(17)20/h2-3,5-6,8-13,18H,4,7,14-15H2,1H3,(H,24,26)/t18-/m1/s1. The lowest BCUT2D eigenvalue weighted by molar-refractivity contribution is -0.120. The summed E-state index contributed by atoms with van der Waals surface area (Å²) in [5, 5.41) is 3.89. The van der Waals surface area contributed by atoms with Crippen LogP contribution < -0.4 is 5.32 Å². The Morgan fingerprint density at radius 3 is 2.66 bits per heavy atom. The summed E-state index contributed by atoms with van der Waals surface area (Å²) in [7, 11) is -3.61. The van der Waals surface area contributed by atoms with Crippen molar-refractivity contribution < 1.29 is 13.2 Å². The number of carbonyl (C=O) groups excluding carboxylic acids is 1. The minimum absolute atomic E-state index is 0.174. The van der Waals surface area contributed by atoms with Crippen LogP contribution in [0, 0.1) is 12.8 Å². The number of aryl methyl sites for hydroxylation is 1. The highest BCUT2D eigenvalue weighted by atomic mass is 32.2. The van der Waals surface area contributed by atoms with E-state index in [0.29, 0.717) is 25.1 Å². The lowest BCUT2D eigenvalue weighted by Gasteiger charge is -2.31. The number of para-hydroxylation sites is 1. The Morgan fingerprint density at radius 2 is 1.86 bits per heavy atom. The molecule has 1 aliphatic heterocycles. The lowest BCUT2D eigenvalue weighted by atomic mass is 9.98. The molecule has 1 amide bonds. The second-order valence-electron chi connectivity index (χ2n) is 7.39. The van der Waals surface area contributed by atoms with Gasteiger partial charge in [-0.25, -0.2) is 8.42 Å². The van der Waals surface area contributed by atoms with Crippen molar-refractivity contribution in [2.45, 2.75) is 24.7 Å². The first kappa shape index (κ1) is 19.5. The van der Waals surface area contributed by atoms with E-state index in [2.05, 4.69) is 10.3 Å². The van der Waals surface area contributed by atoms with E-state index < -0.39 is 15.9 Å². The van der Waals surface area contributed by atoms with Crippen LogP contribution >= 0.6 is 0 Å². The molecular formula is C22H23N3O3S. The number of rotatable bonds is 4. The fourth-order valence-corrected chi connectivity index (χ4v) is 5.20. The van der Waals surface area contributed by atoms with Crippen molar-refractivity contribution >= 4 is 32.5 Å². The molecule has 0 radical (unpaired) electrons. The predicted molar refractivity (Wildman–Crippen MR) is 113 cm³/mol. The molecule has 29 heavy (non-hydrogen) atoms. The van der Waals surface area contributed by atoms with Crippen LogP contribution in [0.25, 0.3) is 10.9 Å². The van der Waals surface area contributed by atoms with Gasteiger partial charge in [-0.15, -0.1) is 0 Å². The maximum absolute atomic E-state index is 13.0. The van der Waals surface area contributed by atoms with Crippen LogP contribution in [-0.4, -0.2) is 36.7 Å². The number of nitrogens with one attached hydrogen (secondary N) is 1. The van der Waals surface area contributed by atoms with Gasteiger partial charge in [-0.3, -0.25) is 9.78 Å². The van der Waals surface area contributed by atoms with Gasteiger partial charge in [0, 0.05) is 24.7 Å². The van der Waals surface area contributed by atoms with Crippen LogP contribution in [0.5, 0.6) is 0 Å². The molecule has 1 fully saturated rings. The number of fused-ring (bicyclic) bond motifs is 1. The van der Waals surface area contributed by atoms with Gasteiger partial charge in [0.25, 0.3) is 0 Å². The van der Waals surface area contributed by atoms with Crippen molar-refractivity contribution in [3.05, 3.63) is 66.4 Å². The normalized spacial score (nSPS) is 17.9. The molecule has 0 saturated carbocycles. The Bertz CT molecular complexity index is 1140. The molecule has 1 aromatic heterocycles. The minimum Gasteiger partial charge on any atom is -0.324 e. The summed E-state index contributed by atoms with van der Waals surface area (Å²) in [6.45, 7) is 2.52. The fraction of sp³-hybridized carbons (Fsp3) is 0.273. The molecule has 1 aliphatic rings. The fourth-order valence-electron chi connectivity index (χ4n) is 3.67. The maximum atomic E-state index is 13.0. The quantitative estimate of drug-likeness (QED) is 0.714. The van der Waals surface area contributed by atoms with E-state index in [4.69, 9.17) is 0 Å². The topological polar surface area (TPSA) is 79.4 Å².